The summed E-state index contributed by atoms with van der Waals surface area (Å²) in [5, 5.41) is 9.63. The van der Waals surface area contributed by atoms with Crippen molar-refractivity contribution in [2.75, 3.05) is 18.0 Å². The third-order valence-electron chi connectivity index (χ3n) is 3.97. The second kappa shape index (κ2) is 4.54. The van der Waals surface area contributed by atoms with Gasteiger partial charge in [0.05, 0.1) is 17.8 Å². The van der Waals surface area contributed by atoms with Crippen LogP contribution in [0.5, 0.6) is 0 Å². The van der Waals surface area contributed by atoms with E-state index in [0.717, 1.165) is 36.5 Å². The highest BCUT2D eigenvalue weighted by atomic mass is 15.3. The zero-order valence-electron chi connectivity index (χ0n) is 12.1. The van der Waals surface area contributed by atoms with Gasteiger partial charge in [-0.15, -0.1) is 0 Å². The highest BCUT2D eigenvalue weighted by molar-refractivity contribution is 5.86. The lowest BCUT2D eigenvalue weighted by molar-refractivity contribution is 0.341. The molecule has 7 heteroatoms. The molecule has 0 bridgehead atoms. The van der Waals surface area contributed by atoms with Crippen molar-refractivity contribution >= 4 is 16.9 Å². The van der Waals surface area contributed by atoms with Crippen molar-refractivity contribution in [2.45, 2.75) is 13.5 Å². The van der Waals surface area contributed by atoms with Gasteiger partial charge < -0.3 is 4.90 Å². The molecule has 4 heterocycles. The third-order valence-corrected chi connectivity index (χ3v) is 3.97. The van der Waals surface area contributed by atoms with Crippen LogP contribution in [-0.4, -0.2) is 42.6 Å². The van der Waals surface area contributed by atoms with E-state index in [0.29, 0.717) is 5.92 Å². The molecule has 4 rings (SSSR count). The molecule has 0 unspecified atom stereocenters. The van der Waals surface area contributed by atoms with Crippen molar-refractivity contribution in [2.24, 2.45) is 13.0 Å². The molecule has 0 spiro atoms. The van der Waals surface area contributed by atoms with Crippen LogP contribution in [0.4, 0.5) is 5.82 Å². The molecular weight excluding hydrogens is 266 g/mol. The monoisotopic (exact) mass is 283 g/mol. The molecule has 1 aliphatic heterocycles. The molecule has 0 radical (unpaired) electrons. The molecule has 1 aliphatic rings. The Morgan fingerprint density at radius 1 is 1.19 bits per heavy atom. The molecular formula is C14H17N7. The minimum Gasteiger partial charge on any atom is -0.355 e. The summed E-state index contributed by atoms with van der Waals surface area (Å²) in [5.74, 6) is 1.60. The van der Waals surface area contributed by atoms with Crippen molar-refractivity contribution in [3.8, 4) is 0 Å². The minimum absolute atomic E-state index is 0.617. The Morgan fingerprint density at radius 2 is 2.05 bits per heavy atom. The van der Waals surface area contributed by atoms with Crippen molar-refractivity contribution in [1.82, 2.24) is 29.5 Å². The van der Waals surface area contributed by atoms with Crippen LogP contribution in [0.15, 0.2) is 24.9 Å². The summed E-state index contributed by atoms with van der Waals surface area (Å²) in [6, 6.07) is 0. The molecule has 3 aromatic rings. The van der Waals surface area contributed by atoms with Crippen LogP contribution in [0.3, 0.4) is 0 Å². The first-order chi connectivity index (χ1) is 10.2. The average Bonchev–Trinajstić information content (AvgIpc) is 3.01. The van der Waals surface area contributed by atoms with E-state index in [9.17, 15) is 0 Å². The van der Waals surface area contributed by atoms with Crippen LogP contribution in [-0.2, 0) is 13.6 Å². The third kappa shape index (κ3) is 2.05. The van der Waals surface area contributed by atoms with Gasteiger partial charge in [-0.3, -0.25) is 9.36 Å². The van der Waals surface area contributed by atoms with Crippen molar-refractivity contribution in [1.29, 1.82) is 0 Å². The average molecular weight is 283 g/mol. The number of aromatic nitrogens is 6. The summed E-state index contributed by atoms with van der Waals surface area (Å²) in [6.07, 6.45) is 7.45. The molecule has 1 saturated heterocycles. The van der Waals surface area contributed by atoms with Crippen molar-refractivity contribution < 1.29 is 0 Å². The van der Waals surface area contributed by atoms with E-state index in [2.05, 4.69) is 38.2 Å². The SMILES string of the molecule is Cc1cnn(CC2CN(c3ncnc4c3cnn4C)C2)c1. The fraction of sp³-hybridized carbons (Fsp3) is 0.429. The Bertz CT molecular complexity index is 782. The molecule has 1 fully saturated rings. The Kier molecular flexibility index (Phi) is 2.66. The molecule has 108 valence electrons. The van der Waals surface area contributed by atoms with Gasteiger partial charge >= 0.3 is 0 Å². The van der Waals surface area contributed by atoms with E-state index < -0.39 is 0 Å². The molecule has 7 nitrogen and oxygen atoms in total. The second-order valence-corrected chi connectivity index (χ2v) is 5.71. The summed E-state index contributed by atoms with van der Waals surface area (Å²) in [7, 11) is 1.90. The molecule has 0 aromatic carbocycles. The lowest BCUT2D eigenvalue weighted by atomic mass is 10.00. The predicted octanol–water partition coefficient (Wildman–Crippen LogP) is 1.00. The molecule has 0 aliphatic carbocycles. The number of hydrogen-bond donors (Lipinski definition) is 0. The van der Waals surface area contributed by atoms with E-state index in [1.165, 1.54) is 5.56 Å². The number of anilines is 1. The Morgan fingerprint density at radius 3 is 2.81 bits per heavy atom. The van der Waals surface area contributed by atoms with E-state index in [-0.39, 0.29) is 0 Å². The highest BCUT2D eigenvalue weighted by Gasteiger charge is 2.29. The molecule has 0 saturated carbocycles. The number of hydrogen-bond acceptors (Lipinski definition) is 5. The number of nitrogens with zero attached hydrogens (tertiary/aromatic N) is 7. The van der Waals surface area contributed by atoms with Crippen LogP contribution in [0, 0.1) is 12.8 Å². The molecule has 0 atom stereocenters. The van der Waals surface area contributed by atoms with Gasteiger partial charge in [0.25, 0.3) is 0 Å². The largest absolute Gasteiger partial charge is 0.355 e. The van der Waals surface area contributed by atoms with Gasteiger partial charge in [0.15, 0.2) is 5.65 Å². The van der Waals surface area contributed by atoms with Gasteiger partial charge in [-0.2, -0.15) is 10.2 Å². The minimum atomic E-state index is 0.617. The van der Waals surface area contributed by atoms with E-state index in [4.69, 9.17) is 0 Å². The zero-order valence-corrected chi connectivity index (χ0v) is 12.1. The summed E-state index contributed by atoms with van der Waals surface area (Å²) in [6.45, 7) is 5.03. The van der Waals surface area contributed by atoms with E-state index >= 15 is 0 Å². The quantitative estimate of drug-likeness (QED) is 0.717. The zero-order chi connectivity index (χ0) is 14.4. The summed E-state index contributed by atoms with van der Waals surface area (Å²) < 4.78 is 3.81. The van der Waals surface area contributed by atoms with Crippen LogP contribution in [0.1, 0.15) is 5.56 Å². The van der Waals surface area contributed by atoms with E-state index in [1.54, 1.807) is 11.0 Å². The molecule has 0 N–H and O–H groups in total. The van der Waals surface area contributed by atoms with Crippen LogP contribution in [0.2, 0.25) is 0 Å². The molecule has 3 aromatic heterocycles. The second-order valence-electron chi connectivity index (χ2n) is 5.71. The van der Waals surface area contributed by atoms with Crippen molar-refractivity contribution in [3.63, 3.8) is 0 Å². The van der Waals surface area contributed by atoms with Gasteiger partial charge in [-0.05, 0) is 12.5 Å². The highest BCUT2D eigenvalue weighted by Crippen LogP contribution is 2.29. The van der Waals surface area contributed by atoms with Crippen LogP contribution in [0.25, 0.3) is 11.0 Å². The number of rotatable bonds is 3. The Balaban J connectivity index is 1.49. The van der Waals surface area contributed by atoms with Gasteiger partial charge in [0.2, 0.25) is 0 Å². The lowest BCUT2D eigenvalue weighted by Gasteiger charge is -2.40. The van der Waals surface area contributed by atoms with Crippen LogP contribution >= 0.6 is 0 Å². The Labute approximate surface area is 122 Å². The summed E-state index contributed by atoms with van der Waals surface area (Å²) >= 11 is 0. The molecule has 0 amide bonds. The summed E-state index contributed by atoms with van der Waals surface area (Å²) in [5.41, 5.74) is 2.09. The standard InChI is InChI=1S/C14H17N7/c1-10-3-18-21(5-10)8-11-6-20(7-11)14-12-4-17-19(2)13(12)15-9-16-14/h3-5,9,11H,6-8H2,1-2H3. The number of aryl methyl sites for hydroxylation is 2. The first kappa shape index (κ1) is 12.3. The van der Waals surface area contributed by atoms with Gasteiger partial charge in [0.1, 0.15) is 12.1 Å². The first-order valence-corrected chi connectivity index (χ1v) is 7.07. The maximum Gasteiger partial charge on any atom is 0.163 e. The Hall–Kier alpha value is -2.44. The predicted molar refractivity (Wildman–Crippen MR) is 79.0 cm³/mol. The fourth-order valence-electron chi connectivity index (χ4n) is 2.89. The normalized spacial score (nSPS) is 15.6. The lowest BCUT2D eigenvalue weighted by Crippen LogP contribution is -2.49. The summed E-state index contributed by atoms with van der Waals surface area (Å²) in [4.78, 5) is 11.0. The number of fused-ring (bicyclic) bond motifs is 1. The van der Waals surface area contributed by atoms with E-state index in [1.807, 2.05) is 24.1 Å². The maximum atomic E-state index is 4.43. The smallest absolute Gasteiger partial charge is 0.163 e. The van der Waals surface area contributed by atoms with Gasteiger partial charge in [-0.25, -0.2) is 9.97 Å². The van der Waals surface area contributed by atoms with Gasteiger partial charge in [0, 0.05) is 38.8 Å². The first-order valence-electron chi connectivity index (χ1n) is 7.07. The van der Waals surface area contributed by atoms with Gasteiger partial charge in [-0.1, -0.05) is 0 Å². The topological polar surface area (TPSA) is 64.7 Å². The molecule has 21 heavy (non-hydrogen) atoms. The van der Waals surface area contributed by atoms with Crippen molar-refractivity contribution in [3.05, 3.63) is 30.5 Å². The fourth-order valence-corrected chi connectivity index (χ4v) is 2.89. The van der Waals surface area contributed by atoms with Crippen LogP contribution < -0.4 is 4.90 Å². The maximum absolute atomic E-state index is 4.43.